The molecule has 4 heteroatoms. The maximum Gasteiger partial charge on any atom is 0.145 e. The van der Waals surface area contributed by atoms with Crippen molar-refractivity contribution in [2.45, 2.75) is 45.6 Å². The second-order valence-electron chi connectivity index (χ2n) is 5.14. The largest absolute Gasteiger partial charge is 0.328 e. The van der Waals surface area contributed by atoms with E-state index in [4.69, 9.17) is 4.98 Å². The molecular formula is C13H16BrN3. The maximum absolute atomic E-state index is 4.74. The molecule has 2 heterocycles. The van der Waals surface area contributed by atoms with E-state index in [0.717, 1.165) is 21.6 Å². The SMILES string of the molecule is Cc1nc(C(C)C)nc2c1c(Br)cn2C1CC1. The zero-order valence-corrected chi connectivity index (χ0v) is 12.0. The van der Waals surface area contributed by atoms with E-state index in [2.05, 4.69) is 52.4 Å². The van der Waals surface area contributed by atoms with E-state index >= 15 is 0 Å². The summed E-state index contributed by atoms with van der Waals surface area (Å²) in [7, 11) is 0. The number of aryl methyl sites for hydroxylation is 1. The van der Waals surface area contributed by atoms with Crippen LogP contribution in [0.15, 0.2) is 10.7 Å². The van der Waals surface area contributed by atoms with Crippen LogP contribution in [0.4, 0.5) is 0 Å². The Morgan fingerprint density at radius 1 is 1.35 bits per heavy atom. The second kappa shape index (κ2) is 3.80. The van der Waals surface area contributed by atoms with Crippen molar-refractivity contribution in [1.29, 1.82) is 0 Å². The molecule has 1 aliphatic carbocycles. The summed E-state index contributed by atoms with van der Waals surface area (Å²) in [6, 6.07) is 0.651. The molecule has 1 aliphatic rings. The molecule has 0 radical (unpaired) electrons. The van der Waals surface area contributed by atoms with E-state index in [1.165, 1.54) is 18.2 Å². The first kappa shape index (κ1) is 11.2. The lowest BCUT2D eigenvalue weighted by atomic mass is 10.2. The van der Waals surface area contributed by atoms with Gasteiger partial charge in [0.2, 0.25) is 0 Å². The monoisotopic (exact) mass is 293 g/mol. The Hall–Kier alpha value is -0.900. The van der Waals surface area contributed by atoms with Gasteiger partial charge in [0.1, 0.15) is 11.5 Å². The second-order valence-corrected chi connectivity index (χ2v) is 5.99. The van der Waals surface area contributed by atoms with E-state index < -0.39 is 0 Å². The molecule has 0 N–H and O–H groups in total. The van der Waals surface area contributed by atoms with Crippen molar-refractivity contribution in [3.63, 3.8) is 0 Å². The van der Waals surface area contributed by atoms with Crippen LogP contribution in [0.5, 0.6) is 0 Å². The minimum atomic E-state index is 0.374. The fourth-order valence-corrected chi connectivity index (χ4v) is 2.87. The Balaban J connectivity index is 2.30. The Morgan fingerprint density at radius 2 is 2.06 bits per heavy atom. The van der Waals surface area contributed by atoms with E-state index in [1.54, 1.807) is 0 Å². The summed E-state index contributed by atoms with van der Waals surface area (Å²) >= 11 is 3.63. The Morgan fingerprint density at radius 3 is 2.65 bits per heavy atom. The molecule has 0 aromatic carbocycles. The lowest BCUT2D eigenvalue weighted by Gasteiger charge is -2.08. The highest BCUT2D eigenvalue weighted by Gasteiger charge is 2.27. The quantitative estimate of drug-likeness (QED) is 0.839. The lowest BCUT2D eigenvalue weighted by molar-refractivity contribution is 0.737. The molecule has 1 fully saturated rings. The van der Waals surface area contributed by atoms with Crippen LogP contribution >= 0.6 is 15.9 Å². The first-order valence-electron chi connectivity index (χ1n) is 6.12. The van der Waals surface area contributed by atoms with Crippen LogP contribution in [0.2, 0.25) is 0 Å². The number of hydrogen-bond acceptors (Lipinski definition) is 2. The molecule has 2 aromatic heterocycles. The van der Waals surface area contributed by atoms with Gasteiger partial charge >= 0.3 is 0 Å². The zero-order valence-electron chi connectivity index (χ0n) is 10.4. The molecule has 0 spiro atoms. The van der Waals surface area contributed by atoms with E-state index in [-0.39, 0.29) is 0 Å². The molecule has 0 amide bonds. The number of hydrogen-bond donors (Lipinski definition) is 0. The average molecular weight is 294 g/mol. The van der Waals surface area contributed by atoms with Crippen LogP contribution < -0.4 is 0 Å². The van der Waals surface area contributed by atoms with Gasteiger partial charge in [-0.3, -0.25) is 0 Å². The summed E-state index contributed by atoms with van der Waals surface area (Å²) in [6.45, 7) is 6.35. The van der Waals surface area contributed by atoms with Gasteiger partial charge in [0.25, 0.3) is 0 Å². The molecule has 1 saturated carbocycles. The van der Waals surface area contributed by atoms with Crippen LogP contribution in [-0.4, -0.2) is 14.5 Å². The van der Waals surface area contributed by atoms with Gasteiger partial charge in [0, 0.05) is 22.6 Å². The molecule has 2 aromatic rings. The standard InChI is InChI=1S/C13H16BrN3/c1-7(2)12-15-8(3)11-10(14)6-17(9-4-5-9)13(11)16-12/h6-7,9H,4-5H2,1-3H3. The van der Waals surface area contributed by atoms with Crippen LogP contribution in [0.3, 0.4) is 0 Å². The maximum atomic E-state index is 4.74. The molecular weight excluding hydrogens is 278 g/mol. The minimum absolute atomic E-state index is 0.374. The number of aromatic nitrogens is 3. The third-order valence-corrected chi connectivity index (χ3v) is 3.88. The van der Waals surface area contributed by atoms with Crippen LogP contribution in [0.1, 0.15) is 50.2 Å². The number of halogens is 1. The summed E-state index contributed by atoms with van der Waals surface area (Å²) in [5.41, 5.74) is 2.17. The third-order valence-electron chi connectivity index (χ3n) is 3.28. The predicted molar refractivity (Wildman–Crippen MR) is 72.3 cm³/mol. The molecule has 0 unspecified atom stereocenters. The molecule has 0 saturated heterocycles. The Kier molecular flexibility index (Phi) is 2.51. The highest BCUT2D eigenvalue weighted by molar-refractivity contribution is 9.10. The highest BCUT2D eigenvalue weighted by atomic mass is 79.9. The summed E-state index contributed by atoms with van der Waals surface area (Å²) in [5, 5.41) is 1.17. The fraction of sp³-hybridized carbons (Fsp3) is 0.538. The normalized spacial score (nSPS) is 16.1. The smallest absolute Gasteiger partial charge is 0.145 e. The number of rotatable bonds is 2. The molecule has 90 valence electrons. The van der Waals surface area contributed by atoms with Crippen molar-refractivity contribution in [2.75, 3.05) is 0 Å². The van der Waals surface area contributed by atoms with Crippen molar-refractivity contribution in [3.05, 3.63) is 22.2 Å². The van der Waals surface area contributed by atoms with Gasteiger partial charge in [0.05, 0.1) is 11.1 Å². The van der Waals surface area contributed by atoms with Crippen LogP contribution in [0, 0.1) is 6.92 Å². The summed E-state index contributed by atoms with van der Waals surface area (Å²) in [5.74, 6) is 1.32. The highest BCUT2D eigenvalue weighted by Crippen LogP contribution is 2.40. The Bertz CT molecular complexity index is 582. The molecule has 3 rings (SSSR count). The van der Waals surface area contributed by atoms with E-state index in [0.29, 0.717) is 12.0 Å². The van der Waals surface area contributed by atoms with E-state index in [9.17, 15) is 0 Å². The van der Waals surface area contributed by atoms with Gasteiger partial charge < -0.3 is 4.57 Å². The van der Waals surface area contributed by atoms with Crippen molar-refractivity contribution in [1.82, 2.24) is 14.5 Å². The van der Waals surface area contributed by atoms with Crippen molar-refractivity contribution < 1.29 is 0 Å². The summed E-state index contributed by atoms with van der Waals surface area (Å²) < 4.78 is 3.42. The van der Waals surface area contributed by atoms with Gasteiger partial charge in [-0.2, -0.15) is 0 Å². The van der Waals surface area contributed by atoms with E-state index in [1.807, 2.05) is 0 Å². The van der Waals surface area contributed by atoms with Gasteiger partial charge in [-0.1, -0.05) is 13.8 Å². The minimum Gasteiger partial charge on any atom is -0.328 e. The Labute approximate surface area is 109 Å². The number of nitrogens with zero attached hydrogens (tertiary/aromatic N) is 3. The van der Waals surface area contributed by atoms with Gasteiger partial charge in [-0.05, 0) is 35.7 Å². The van der Waals surface area contributed by atoms with Gasteiger partial charge in [0.15, 0.2) is 0 Å². The first-order chi connectivity index (χ1) is 8.08. The zero-order chi connectivity index (χ0) is 12.2. The van der Waals surface area contributed by atoms with Crippen molar-refractivity contribution in [2.24, 2.45) is 0 Å². The molecule has 0 aliphatic heterocycles. The molecule has 17 heavy (non-hydrogen) atoms. The third kappa shape index (κ3) is 1.79. The fourth-order valence-electron chi connectivity index (χ4n) is 2.18. The van der Waals surface area contributed by atoms with Gasteiger partial charge in [-0.25, -0.2) is 9.97 Å². The molecule has 0 atom stereocenters. The summed E-state index contributed by atoms with van der Waals surface area (Å²) in [6.07, 6.45) is 4.71. The predicted octanol–water partition coefficient (Wildman–Crippen LogP) is 3.96. The van der Waals surface area contributed by atoms with Crippen molar-refractivity contribution in [3.8, 4) is 0 Å². The van der Waals surface area contributed by atoms with Crippen LogP contribution in [-0.2, 0) is 0 Å². The molecule has 0 bridgehead atoms. The average Bonchev–Trinajstić information content (AvgIpc) is 3.04. The first-order valence-corrected chi connectivity index (χ1v) is 6.91. The lowest BCUT2D eigenvalue weighted by Crippen LogP contribution is -2.02. The van der Waals surface area contributed by atoms with Crippen LogP contribution in [0.25, 0.3) is 11.0 Å². The topological polar surface area (TPSA) is 30.7 Å². The van der Waals surface area contributed by atoms with Crippen molar-refractivity contribution >= 4 is 27.0 Å². The number of fused-ring (bicyclic) bond motifs is 1. The van der Waals surface area contributed by atoms with Gasteiger partial charge in [-0.15, -0.1) is 0 Å². The molecule has 3 nitrogen and oxygen atoms in total. The summed E-state index contributed by atoms with van der Waals surface area (Å²) in [4.78, 5) is 9.34.